The molecule has 0 unspecified atom stereocenters. The zero-order chi connectivity index (χ0) is 14.9. The fraction of sp³-hybridized carbons (Fsp3) is 0.765. The molecule has 0 bridgehead atoms. The number of aromatic amines is 1. The van der Waals surface area contributed by atoms with Gasteiger partial charge in [-0.15, -0.1) is 0 Å². The van der Waals surface area contributed by atoms with Crippen LogP contribution in [0.2, 0.25) is 0 Å². The highest BCUT2D eigenvalue weighted by Gasteiger charge is 2.31. The first-order valence-electron chi connectivity index (χ1n) is 7.92. The summed E-state index contributed by atoms with van der Waals surface area (Å²) >= 11 is 0. The van der Waals surface area contributed by atoms with Gasteiger partial charge in [0.1, 0.15) is 5.82 Å². The highest BCUT2D eigenvalue weighted by molar-refractivity contribution is 5.17. The van der Waals surface area contributed by atoms with Crippen molar-refractivity contribution in [2.75, 3.05) is 0 Å². The number of nitrogens with zero attached hydrogens (tertiary/aromatic N) is 1. The van der Waals surface area contributed by atoms with Gasteiger partial charge in [-0.25, -0.2) is 4.98 Å². The number of nitrogens with one attached hydrogen (secondary N) is 1. The fourth-order valence-corrected chi connectivity index (χ4v) is 3.37. The molecule has 0 radical (unpaired) electrons. The van der Waals surface area contributed by atoms with Crippen molar-refractivity contribution < 1.29 is 0 Å². The third-order valence-electron chi connectivity index (χ3n) is 4.94. The Morgan fingerprint density at radius 2 is 1.80 bits per heavy atom. The molecule has 1 fully saturated rings. The minimum absolute atomic E-state index is 0.0461. The number of hydrogen-bond donors (Lipinski definition) is 1. The summed E-state index contributed by atoms with van der Waals surface area (Å²) in [5.41, 5.74) is 2.18. The molecule has 3 nitrogen and oxygen atoms in total. The summed E-state index contributed by atoms with van der Waals surface area (Å²) < 4.78 is 0. The second kappa shape index (κ2) is 5.71. The first-order chi connectivity index (χ1) is 9.32. The Morgan fingerprint density at radius 1 is 1.20 bits per heavy atom. The molecule has 1 aromatic rings. The van der Waals surface area contributed by atoms with Gasteiger partial charge in [-0.3, -0.25) is 4.79 Å². The Kier molecular flexibility index (Phi) is 4.36. The molecule has 0 saturated heterocycles. The van der Waals surface area contributed by atoms with E-state index in [9.17, 15) is 4.79 Å². The summed E-state index contributed by atoms with van der Waals surface area (Å²) in [6, 6.07) is 0. The van der Waals surface area contributed by atoms with E-state index < -0.39 is 0 Å². The van der Waals surface area contributed by atoms with Crippen molar-refractivity contribution in [3.05, 3.63) is 27.4 Å². The minimum Gasteiger partial charge on any atom is -0.310 e. The fourth-order valence-electron chi connectivity index (χ4n) is 3.37. The molecule has 1 heterocycles. The van der Waals surface area contributed by atoms with Gasteiger partial charge in [0, 0.05) is 11.5 Å². The van der Waals surface area contributed by atoms with Crippen LogP contribution in [0, 0.1) is 18.3 Å². The molecule has 1 aromatic heterocycles. The lowest BCUT2D eigenvalue weighted by molar-refractivity contribution is 0.167. The van der Waals surface area contributed by atoms with Gasteiger partial charge >= 0.3 is 0 Å². The van der Waals surface area contributed by atoms with E-state index in [4.69, 9.17) is 4.98 Å². The number of aryl methyl sites for hydroxylation is 1. The van der Waals surface area contributed by atoms with Crippen molar-refractivity contribution >= 4 is 0 Å². The van der Waals surface area contributed by atoms with Gasteiger partial charge in [-0.05, 0) is 50.4 Å². The standard InChI is InChI=1S/C17H28N2O/c1-6-14-11(2)16(20)19-15(18-14)12-7-9-13(10-8-12)17(3,4)5/h12-13H,6-10H2,1-5H3,(H,18,19,20). The maximum atomic E-state index is 12.0. The topological polar surface area (TPSA) is 45.8 Å². The average molecular weight is 276 g/mol. The SMILES string of the molecule is CCc1nc(C2CCC(C(C)(C)C)CC2)[nH]c(=O)c1C. The maximum absolute atomic E-state index is 12.0. The summed E-state index contributed by atoms with van der Waals surface area (Å²) in [5, 5.41) is 0. The zero-order valence-corrected chi connectivity index (χ0v) is 13.5. The van der Waals surface area contributed by atoms with E-state index in [0.717, 1.165) is 42.3 Å². The van der Waals surface area contributed by atoms with Crippen LogP contribution in [0.1, 0.15) is 76.4 Å². The second-order valence-corrected chi connectivity index (χ2v) is 7.29. The zero-order valence-electron chi connectivity index (χ0n) is 13.5. The molecule has 1 saturated carbocycles. The third-order valence-corrected chi connectivity index (χ3v) is 4.94. The van der Waals surface area contributed by atoms with Crippen LogP contribution in [0.15, 0.2) is 4.79 Å². The molecule has 112 valence electrons. The van der Waals surface area contributed by atoms with Crippen LogP contribution in [0.3, 0.4) is 0 Å². The monoisotopic (exact) mass is 276 g/mol. The molecule has 20 heavy (non-hydrogen) atoms. The van der Waals surface area contributed by atoms with E-state index in [1.165, 1.54) is 12.8 Å². The van der Waals surface area contributed by atoms with E-state index in [0.29, 0.717) is 11.3 Å². The van der Waals surface area contributed by atoms with E-state index >= 15 is 0 Å². The Morgan fingerprint density at radius 3 is 2.30 bits per heavy atom. The summed E-state index contributed by atoms with van der Waals surface area (Å²) in [6.07, 6.45) is 5.62. The van der Waals surface area contributed by atoms with E-state index in [2.05, 4.69) is 32.7 Å². The molecular weight excluding hydrogens is 248 g/mol. The Bertz CT molecular complexity index is 517. The predicted octanol–water partition coefficient (Wildman–Crippen LogP) is 3.96. The van der Waals surface area contributed by atoms with Crippen molar-refractivity contribution in [2.45, 2.75) is 72.6 Å². The molecule has 1 aliphatic carbocycles. The smallest absolute Gasteiger partial charge is 0.254 e. The van der Waals surface area contributed by atoms with Gasteiger partial charge in [0.25, 0.3) is 5.56 Å². The van der Waals surface area contributed by atoms with Gasteiger partial charge < -0.3 is 4.98 Å². The molecule has 0 aliphatic heterocycles. The van der Waals surface area contributed by atoms with Crippen LogP contribution in [0.5, 0.6) is 0 Å². The molecule has 1 N–H and O–H groups in total. The second-order valence-electron chi connectivity index (χ2n) is 7.29. The van der Waals surface area contributed by atoms with Crippen molar-refractivity contribution in [2.24, 2.45) is 11.3 Å². The van der Waals surface area contributed by atoms with Crippen LogP contribution in [0.25, 0.3) is 0 Å². The molecule has 0 spiro atoms. The lowest BCUT2D eigenvalue weighted by Gasteiger charge is -2.36. The van der Waals surface area contributed by atoms with E-state index in [1.807, 2.05) is 6.92 Å². The Balaban J connectivity index is 2.15. The van der Waals surface area contributed by atoms with E-state index in [1.54, 1.807) is 0 Å². The summed E-state index contributed by atoms with van der Waals surface area (Å²) in [4.78, 5) is 19.7. The molecule has 0 atom stereocenters. The first kappa shape index (κ1) is 15.3. The Hall–Kier alpha value is -1.12. The molecule has 3 heteroatoms. The molecular formula is C17H28N2O. The highest BCUT2D eigenvalue weighted by Crippen LogP contribution is 2.42. The third kappa shape index (κ3) is 3.13. The molecule has 1 aliphatic rings. The minimum atomic E-state index is 0.0461. The van der Waals surface area contributed by atoms with E-state index in [-0.39, 0.29) is 5.56 Å². The molecule has 0 amide bonds. The normalized spacial score (nSPS) is 23.9. The number of aromatic nitrogens is 2. The van der Waals surface area contributed by atoms with Crippen molar-refractivity contribution in [3.63, 3.8) is 0 Å². The van der Waals surface area contributed by atoms with Gasteiger partial charge in [0.05, 0.1) is 5.69 Å². The van der Waals surface area contributed by atoms with Crippen LogP contribution in [-0.2, 0) is 6.42 Å². The van der Waals surface area contributed by atoms with Gasteiger partial charge in [-0.2, -0.15) is 0 Å². The largest absolute Gasteiger partial charge is 0.310 e. The maximum Gasteiger partial charge on any atom is 0.254 e. The average Bonchev–Trinajstić information content (AvgIpc) is 2.41. The number of H-pyrrole nitrogens is 1. The summed E-state index contributed by atoms with van der Waals surface area (Å²) in [5.74, 6) is 2.15. The van der Waals surface area contributed by atoms with Crippen LogP contribution in [0.4, 0.5) is 0 Å². The predicted molar refractivity (Wildman–Crippen MR) is 83.1 cm³/mol. The molecule has 0 aromatic carbocycles. The molecule has 2 rings (SSSR count). The first-order valence-corrected chi connectivity index (χ1v) is 7.92. The van der Waals surface area contributed by atoms with Crippen molar-refractivity contribution in [1.82, 2.24) is 9.97 Å². The summed E-state index contributed by atoms with van der Waals surface area (Å²) in [7, 11) is 0. The van der Waals surface area contributed by atoms with Crippen LogP contribution < -0.4 is 5.56 Å². The van der Waals surface area contributed by atoms with Gasteiger partial charge in [0.2, 0.25) is 0 Å². The van der Waals surface area contributed by atoms with Crippen molar-refractivity contribution in [1.29, 1.82) is 0 Å². The number of rotatable bonds is 2. The van der Waals surface area contributed by atoms with Gasteiger partial charge in [0.15, 0.2) is 0 Å². The van der Waals surface area contributed by atoms with Crippen molar-refractivity contribution in [3.8, 4) is 0 Å². The highest BCUT2D eigenvalue weighted by atomic mass is 16.1. The Labute approximate surface area is 122 Å². The van der Waals surface area contributed by atoms with Crippen LogP contribution >= 0.6 is 0 Å². The summed E-state index contributed by atoms with van der Waals surface area (Å²) in [6.45, 7) is 10.9. The lowest BCUT2D eigenvalue weighted by atomic mass is 9.69. The van der Waals surface area contributed by atoms with Crippen LogP contribution in [-0.4, -0.2) is 9.97 Å². The lowest BCUT2D eigenvalue weighted by Crippen LogP contribution is -2.27. The van der Waals surface area contributed by atoms with Gasteiger partial charge in [-0.1, -0.05) is 27.7 Å². The number of hydrogen-bond acceptors (Lipinski definition) is 2. The quantitative estimate of drug-likeness (QED) is 0.888.